The van der Waals surface area contributed by atoms with Crippen molar-refractivity contribution in [2.75, 3.05) is 7.05 Å². The zero-order valence-electron chi connectivity index (χ0n) is 13.9. The number of primary amides is 1. The minimum atomic E-state index is -0.426. The number of rotatable bonds is 5. The van der Waals surface area contributed by atoms with Crippen LogP contribution in [0.25, 0.3) is 0 Å². The van der Waals surface area contributed by atoms with Gasteiger partial charge in [0.25, 0.3) is 0 Å². The van der Waals surface area contributed by atoms with Crippen LogP contribution in [0, 0.1) is 13.8 Å². The van der Waals surface area contributed by atoms with Crippen molar-refractivity contribution in [2.24, 2.45) is 10.7 Å². The highest BCUT2D eigenvalue weighted by molar-refractivity contribution is 14.0. The Morgan fingerprint density at radius 2 is 2.00 bits per heavy atom. The Morgan fingerprint density at radius 1 is 1.29 bits per heavy atom. The van der Waals surface area contributed by atoms with E-state index in [0.29, 0.717) is 24.6 Å². The van der Waals surface area contributed by atoms with E-state index >= 15 is 0 Å². The quantitative estimate of drug-likeness (QED) is 0.364. The highest BCUT2D eigenvalue weighted by atomic mass is 127. The van der Waals surface area contributed by atoms with Gasteiger partial charge in [-0.2, -0.15) is 0 Å². The minimum absolute atomic E-state index is 0. The molecule has 4 N–H and O–H groups in total. The van der Waals surface area contributed by atoms with Crippen LogP contribution in [-0.4, -0.2) is 23.9 Å². The molecule has 2 rings (SSSR count). The number of carbonyl (C=O) groups is 1. The molecule has 0 aliphatic carbocycles. The third-order valence-electron chi connectivity index (χ3n) is 3.31. The van der Waals surface area contributed by atoms with E-state index in [2.05, 4.69) is 20.6 Å². The van der Waals surface area contributed by atoms with Crippen LogP contribution in [0.3, 0.4) is 0 Å². The van der Waals surface area contributed by atoms with Gasteiger partial charge in [-0.05, 0) is 31.5 Å². The largest absolute Gasteiger partial charge is 0.366 e. The number of amides is 1. The van der Waals surface area contributed by atoms with Gasteiger partial charge in [0.05, 0.1) is 17.2 Å². The van der Waals surface area contributed by atoms with Gasteiger partial charge < -0.3 is 16.4 Å². The molecule has 0 aliphatic rings. The lowest BCUT2D eigenvalue weighted by atomic mass is 10.1. The maximum Gasteiger partial charge on any atom is 0.248 e. The number of aryl methyl sites for hydroxylation is 2. The molecular weight excluding hydrogens is 437 g/mol. The molecule has 24 heavy (non-hydrogen) atoms. The molecule has 0 spiro atoms. The molecule has 1 aromatic carbocycles. The lowest BCUT2D eigenvalue weighted by Gasteiger charge is -2.12. The molecule has 1 heterocycles. The van der Waals surface area contributed by atoms with Crippen molar-refractivity contribution in [1.29, 1.82) is 0 Å². The number of benzene rings is 1. The average Bonchev–Trinajstić information content (AvgIpc) is 2.85. The van der Waals surface area contributed by atoms with Gasteiger partial charge in [-0.3, -0.25) is 9.79 Å². The number of hydrogen-bond acceptors (Lipinski definition) is 4. The second-order valence-electron chi connectivity index (χ2n) is 5.09. The maximum atomic E-state index is 11.2. The summed E-state index contributed by atoms with van der Waals surface area (Å²) in [5.41, 5.74) is 7.81. The van der Waals surface area contributed by atoms with Crippen LogP contribution in [0.2, 0.25) is 0 Å². The number of thiazole rings is 1. The highest BCUT2D eigenvalue weighted by Gasteiger charge is 2.06. The van der Waals surface area contributed by atoms with Crippen LogP contribution in [0.5, 0.6) is 0 Å². The molecule has 1 aromatic heterocycles. The molecule has 0 saturated carbocycles. The smallest absolute Gasteiger partial charge is 0.248 e. The zero-order chi connectivity index (χ0) is 16.8. The van der Waals surface area contributed by atoms with Gasteiger partial charge in [0.15, 0.2) is 5.96 Å². The van der Waals surface area contributed by atoms with E-state index in [1.54, 1.807) is 30.5 Å². The number of nitrogens with one attached hydrogen (secondary N) is 2. The number of hydrogen-bond donors (Lipinski definition) is 3. The molecule has 0 radical (unpaired) electrons. The van der Waals surface area contributed by atoms with E-state index in [4.69, 9.17) is 5.73 Å². The molecule has 0 unspecified atom stereocenters. The molecule has 1 amide bonds. The van der Waals surface area contributed by atoms with Crippen molar-refractivity contribution in [3.8, 4) is 0 Å². The van der Waals surface area contributed by atoms with Gasteiger partial charge >= 0.3 is 0 Å². The maximum absolute atomic E-state index is 11.2. The van der Waals surface area contributed by atoms with Crippen molar-refractivity contribution in [2.45, 2.75) is 26.9 Å². The third-order valence-corrected chi connectivity index (χ3v) is 4.38. The fourth-order valence-corrected chi connectivity index (χ4v) is 3.02. The number of aromatic nitrogens is 1. The van der Waals surface area contributed by atoms with Crippen molar-refractivity contribution >= 4 is 47.2 Å². The van der Waals surface area contributed by atoms with E-state index in [1.165, 1.54) is 4.88 Å². The van der Waals surface area contributed by atoms with Gasteiger partial charge in [-0.1, -0.05) is 12.1 Å². The summed E-state index contributed by atoms with van der Waals surface area (Å²) in [4.78, 5) is 21.0. The first-order chi connectivity index (χ1) is 11.0. The number of aliphatic imine (C=N–C) groups is 1. The highest BCUT2D eigenvalue weighted by Crippen LogP contribution is 2.16. The number of halogens is 1. The first kappa shape index (κ1) is 20.4. The molecule has 6 nitrogen and oxygen atoms in total. The molecule has 0 fully saturated rings. The molecule has 0 bridgehead atoms. The Morgan fingerprint density at radius 3 is 2.58 bits per heavy atom. The lowest BCUT2D eigenvalue weighted by molar-refractivity contribution is 0.1000. The summed E-state index contributed by atoms with van der Waals surface area (Å²) in [5, 5.41) is 7.55. The van der Waals surface area contributed by atoms with E-state index in [1.807, 2.05) is 26.0 Å². The number of nitrogens with two attached hydrogens (primary N) is 1. The van der Waals surface area contributed by atoms with Crippen LogP contribution < -0.4 is 16.4 Å². The average molecular weight is 459 g/mol. The van der Waals surface area contributed by atoms with Crippen molar-refractivity contribution < 1.29 is 4.79 Å². The first-order valence-electron chi connectivity index (χ1n) is 7.25. The molecule has 2 aromatic rings. The summed E-state index contributed by atoms with van der Waals surface area (Å²) in [6, 6.07) is 7.23. The summed E-state index contributed by atoms with van der Waals surface area (Å²) in [6.07, 6.45) is 0. The van der Waals surface area contributed by atoms with Crippen LogP contribution >= 0.6 is 35.3 Å². The number of guanidine groups is 1. The second kappa shape index (κ2) is 9.58. The van der Waals surface area contributed by atoms with Gasteiger partial charge in [-0.15, -0.1) is 35.3 Å². The molecule has 130 valence electrons. The summed E-state index contributed by atoms with van der Waals surface area (Å²) in [5.74, 6) is 0.269. The SMILES string of the molecule is CN=C(NCc1cccc(C(N)=O)c1)NCc1sc(C)nc1C.I. The van der Waals surface area contributed by atoms with Crippen LogP contribution in [-0.2, 0) is 13.1 Å². The summed E-state index contributed by atoms with van der Waals surface area (Å²) in [7, 11) is 1.72. The summed E-state index contributed by atoms with van der Waals surface area (Å²) in [6.45, 7) is 5.24. The fraction of sp³-hybridized carbons (Fsp3) is 0.312. The molecule has 0 aliphatic heterocycles. The Hall–Kier alpha value is -1.68. The fourth-order valence-electron chi connectivity index (χ4n) is 2.14. The van der Waals surface area contributed by atoms with Crippen molar-refractivity contribution in [3.05, 3.63) is 51.0 Å². The second-order valence-corrected chi connectivity index (χ2v) is 6.37. The predicted molar refractivity (Wildman–Crippen MR) is 109 cm³/mol. The topological polar surface area (TPSA) is 92.4 Å². The lowest BCUT2D eigenvalue weighted by Crippen LogP contribution is -2.36. The van der Waals surface area contributed by atoms with Crippen LogP contribution in [0.1, 0.15) is 31.5 Å². The van der Waals surface area contributed by atoms with Crippen molar-refractivity contribution in [3.63, 3.8) is 0 Å². The van der Waals surface area contributed by atoms with Gasteiger partial charge in [0.2, 0.25) is 5.91 Å². The van der Waals surface area contributed by atoms with Gasteiger partial charge in [-0.25, -0.2) is 4.98 Å². The van der Waals surface area contributed by atoms with Crippen molar-refractivity contribution in [1.82, 2.24) is 15.6 Å². The van der Waals surface area contributed by atoms with Gasteiger partial charge in [0, 0.05) is 24.0 Å². The Balaban J connectivity index is 0.00000288. The van der Waals surface area contributed by atoms with E-state index in [0.717, 1.165) is 16.3 Å². The first-order valence-corrected chi connectivity index (χ1v) is 8.07. The molecular formula is C16H22IN5OS. The summed E-state index contributed by atoms with van der Waals surface area (Å²) >= 11 is 1.68. The summed E-state index contributed by atoms with van der Waals surface area (Å²) < 4.78 is 0. The molecule has 0 saturated heterocycles. The minimum Gasteiger partial charge on any atom is -0.366 e. The Labute approximate surface area is 163 Å². The monoisotopic (exact) mass is 459 g/mol. The zero-order valence-corrected chi connectivity index (χ0v) is 17.1. The van der Waals surface area contributed by atoms with E-state index in [9.17, 15) is 4.79 Å². The Bertz CT molecular complexity index is 729. The molecule has 8 heteroatoms. The van der Waals surface area contributed by atoms with E-state index in [-0.39, 0.29) is 24.0 Å². The van der Waals surface area contributed by atoms with Gasteiger partial charge in [0.1, 0.15) is 0 Å². The number of carbonyl (C=O) groups excluding carboxylic acids is 1. The standard InChI is InChI=1S/C16H21N5OS.HI/c1-10-14(23-11(2)21-10)9-20-16(18-3)19-8-12-5-4-6-13(7-12)15(17)22;/h4-7H,8-9H2,1-3H3,(H2,17,22)(H2,18,19,20);1H. The molecule has 0 atom stereocenters. The van der Waals surface area contributed by atoms with Crippen LogP contribution in [0.4, 0.5) is 0 Å². The van der Waals surface area contributed by atoms with E-state index < -0.39 is 5.91 Å². The predicted octanol–water partition coefficient (Wildman–Crippen LogP) is 2.34. The normalized spacial score (nSPS) is 10.9. The third kappa shape index (κ3) is 5.75. The van der Waals surface area contributed by atoms with Crippen LogP contribution in [0.15, 0.2) is 29.3 Å². The number of nitrogens with zero attached hydrogens (tertiary/aromatic N) is 2. The Kier molecular flexibility index (Phi) is 8.13.